The Morgan fingerprint density at radius 3 is 2.64 bits per heavy atom. The van der Waals surface area contributed by atoms with Gasteiger partial charge in [-0.2, -0.15) is 0 Å². The van der Waals surface area contributed by atoms with Gasteiger partial charge in [-0.3, -0.25) is 0 Å². The van der Waals surface area contributed by atoms with E-state index in [0.717, 1.165) is 12.0 Å². The van der Waals surface area contributed by atoms with Crippen LogP contribution in [0.2, 0.25) is 0 Å². The van der Waals surface area contributed by atoms with Gasteiger partial charge in [-0.1, -0.05) is 0 Å². The summed E-state index contributed by atoms with van der Waals surface area (Å²) in [5.41, 5.74) is 7.30. The standard InChI is InChI=1S/C10H13NO3/c11-6-1-2-7-5(3-6)4-8(12)10(14)9(7)13/h4,6,12-14H,1-3,11H2. The molecule has 76 valence electrons. The van der Waals surface area contributed by atoms with Crippen molar-refractivity contribution in [1.29, 1.82) is 0 Å². The summed E-state index contributed by atoms with van der Waals surface area (Å²) in [7, 11) is 0. The summed E-state index contributed by atoms with van der Waals surface area (Å²) in [6.45, 7) is 0. The Hall–Kier alpha value is -1.42. The second-order valence-corrected chi connectivity index (χ2v) is 3.73. The molecule has 0 bridgehead atoms. The first kappa shape index (κ1) is 9.15. The van der Waals surface area contributed by atoms with Gasteiger partial charge in [0.1, 0.15) is 0 Å². The van der Waals surface area contributed by atoms with Crippen molar-refractivity contribution in [2.75, 3.05) is 0 Å². The quantitative estimate of drug-likeness (QED) is 0.457. The lowest BCUT2D eigenvalue weighted by Crippen LogP contribution is -2.27. The van der Waals surface area contributed by atoms with Crippen LogP contribution in [0.4, 0.5) is 0 Å². The van der Waals surface area contributed by atoms with Gasteiger partial charge < -0.3 is 21.1 Å². The highest BCUT2D eigenvalue weighted by Crippen LogP contribution is 2.41. The molecule has 2 rings (SSSR count). The maximum absolute atomic E-state index is 9.56. The smallest absolute Gasteiger partial charge is 0.200 e. The van der Waals surface area contributed by atoms with Gasteiger partial charge >= 0.3 is 0 Å². The molecule has 0 aliphatic heterocycles. The van der Waals surface area contributed by atoms with E-state index in [-0.39, 0.29) is 17.5 Å². The van der Waals surface area contributed by atoms with Crippen LogP contribution in [0.3, 0.4) is 0 Å². The topological polar surface area (TPSA) is 86.7 Å². The lowest BCUT2D eigenvalue weighted by atomic mass is 9.87. The number of phenolic OH excluding ortho intramolecular Hbond substituents is 3. The predicted molar refractivity (Wildman–Crippen MR) is 51.4 cm³/mol. The molecule has 14 heavy (non-hydrogen) atoms. The van der Waals surface area contributed by atoms with Gasteiger partial charge in [0.05, 0.1) is 0 Å². The molecule has 4 heteroatoms. The number of rotatable bonds is 0. The molecule has 1 aliphatic carbocycles. The zero-order valence-electron chi connectivity index (χ0n) is 7.70. The average Bonchev–Trinajstić information content (AvgIpc) is 2.14. The molecule has 0 saturated heterocycles. The first-order valence-electron chi connectivity index (χ1n) is 4.61. The maximum atomic E-state index is 9.56. The van der Waals surface area contributed by atoms with E-state index in [1.807, 2.05) is 0 Å². The molecule has 0 radical (unpaired) electrons. The SMILES string of the molecule is NC1CCc2c(cc(O)c(O)c2O)C1. The zero-order valence-corrected chi connectivity index (χ0v) is 7.70. The predicted octanol–water partition coefficient (Wildman–Crippen LogP) is 0.619. The van der Waals surface area contributed by atoms with Gasteiger partial charge in [-0.15, -0.1) is 0 Å². The fourth-order valence-corrected chi connectivity index (χ4v) is 1.91. The summed E-state index contributed by atoms with van der Waals surface area (Å²) < 4.78 is 0. The van der Waals surface area contributed by atoms with E-state index in [1.54, 1.807) is 0 Å². The van der Waals surface area contributed by atoms with Gasteiger partial charge in [0.15, 0.2) is 11.5 Å². The fraction of sp³-hybridized carbons (Fsp3) is 0.400. The maximum Gasteiger partial charge on any atom is 0.200 e. The van der Waals surface area contributed by atoms with Crippen molar-refractivity contribution in [3.8, 4) is 17.2 Å². The van der Waals surface area contributed by atoms with Crippen LogP contribution in [0.15, 0.2) is 6.07 Å². The van der Waals surface area contributed by atoms with Crippen LogP contribution in [0.1, 0.15) is 17.5 Å². The van der Waals surface area contributed by atoms with Gasteiger partial charge in [-0.05, 0) is 30.9 Å². The molecule has 5 N–H and O–H groups in total. The highest BCUT2D eigenvalue weighted by atomic mass is 16.3. The molecule has 0 fully saturated rings. The third-order valence-corrected chi connectivity index (χ3v) is 2.70. The number of nitrogens with two attached hydrogens (primary N) is 1. The van der Waals surface area contributed by atoms with Crippen molar-refractivity contribution in [2.45, 2.75) is 25.3 Å². The van der Waals surface area contributed by atoms with Crippen molar-refractivity contribution >= 4 is 0 Å². The van der Waals surface area contributed by atoms with Gasteiger partial charge in [0.2, 0.25) is 5.75 Å². The molecule has 1 aromatic rings. The highest BCUT2D eigenvalue weighted by Gasteiger charge is 2.22. The number of benzene rings is 1. The van der Waals surface area contributed by atoms with Crippen molar-refractivity contribution in [3.05, 3.63) is 17.2 Å². The summed E-state index contributed by atoms with van der Waals surface area (Å²) in [4.78, 5) is 0. The van der Waals surface area contributed by atoms with Crippen LogP contribution >= 0.6 is 0 Å². The minimum Gasteiger partial charge on any atom is -0.504 e. The summed E-state index contributed by atoms with van der Waals surface area (Å²) in [5, 5.41) is 28.1. The third-order valence-electron chi connectivity index (χ3n) is 2.70. The molecule has 1 aliphatic rings. The molecule has 0 aromatic heterocycles. The minimum absolute atomic E-state index is 0.0749. The molecule has 1 aromatic carbocycles. The molecular weight excluding hydrogens is 182 g/mol. The average molecular weight is 195 g/mol. The molecule has 1 atom stereocenters. The molecule has 0 amide bonds. The van der Waals surface area contributed by atoms with Crippen LogP contribution in [-0.2, 0) is 12.8 Å². The summed E-state index contributed by atoms with van der Waals surface area (Å²) in [6.07, 6.45) is 2.08. The molecule has 0 heterocycles. The fourth-order valence-electron chi connectivity index (χ4n) is 1.91. The summed E-state index contributed by atoms with van der Waals surface area (Å²) in [5.74, 6) is -0.915. The van der Waals surface area contributed by atoms with E-state index in [0.29, 0.717) is 18.4 Å². The monoisotopic (exact) mass is 195 g/mol. The largest absolute Gasteiger partial charge is 0.504 e. The van der Waals surface area contributed by atoms with Crippen molar-refractivity contribution in [1.82, 2.24) is 0 Å². The minimum atomic E-state index is -0.431. The highest BCUT2D eigenvalue weighted by molar-refractivity contribution is 5.57. The molecule has 4 nitrogen and oxygen atoms in total. The van der Waals surface area contributed by atoms with Crippen LogP contribution in [0.5, 0.6) is 17.2 Å². The van der Waals surface area contributed by atoms with Gasteiger partial charge in [-0.25, -0.2) is 0 Å². The van der Waals surface area contributed by atoms with Crippen LogP contribution in [0, 0.1) is 0 Å². The number of hydrogen-bond donors (Lipinski definition) is 4. The first-order valence-corrected chi connectivity index (χ1v) is 4.61. The number of phenols is 3. The van der Waals surface area contributed by atoms with E-state index in [9.17, 15) is 15.3 Å². The Morgan fingerprint density at radius 2 is 1.93 bits per heavy atom. The molecule has 1 unspecified atom stereocenters. The van der Waals surface area contributed by atoms with Crippen molar-refractivity contribution in [3.63, 3.8) is 0 Å². The summed E-state index contributed by atoms with van der Waals surface area (Å²) >= 11 is 0. The lowest BCUT2D eigenvalue weighted by molar-refractivity contribution is 0.361. The first-order chi connectivity index (χ1) is 6.59. The number of hydrogen-bond acceptors (Lipinski definition) is 4. The van der Waals surface area contributed by atoms with Gasteiger partial charge in [0, 0.05) is 11.6 Å². The normalized spacial score (nSPS) is 20.5. The van der Waals surface area contributed by atoms with Crippen molar-refractivity contribution in [2.24, 2.45) is 5.73 Å². The van der Waals surface area contributed by atoms with Crippen LogP contribution in [0.25, 0.3) is 0 Å². The lowest BCUT2D eigenvalue weighted by Gasteiger charge is -2.22. The Kier molecular flexibility index (Phi) is 2.00. The second kappa shape index (κ2) is 3.06. The van der Waals surface area contributed by atoms with E-state index in [4.69, 9.17) is 5.73 Å². The van der Waals surface area contributed by atoms with Crippen molar-refractivity contribution < 1.29 is 15.3 Å². The van der Waals surface area contributed by atoms with E-state index < -0.39 is 5.75 Å². The van der Waals surface area contributed by atoms with Crippen LogP contribution in [-0.4, -0.2) is 21.4 Å². The zero-order chi connectivity index (χ0) is 10.3. The molecule has 0 spiro atoms. The Labute approximate surface area is 81.6 Å². The third kappa shape index (κ3) is 1.28. The second-order valence-electron chi connectivity index (χ2n) is 3.73. The number of fused-ring (bicyclic) bond motifs is 1. The number of aromatic hydroxyl groups is 3. The summed E-state index contributed by atoms with van der Waals surface area (Å²) in [6, 6.07) is 1.55. The van der Waals surface area contributed by atoms with E-state index >= 15 is 0 Å². The van der Waals surface area contributed by atoms with E-state index in [1.165, 1.54) is 6.07 Å². The Balaban J connectivity index is 2.54. The van der Waals surface area contributed by atoms with E-state index in [2.05, 4.69) is 0 Å². The van der Waals surface area contributed by atoms with Gasteiger partial charge in [0.25, 0.3) is 0 Å². The molecule has 0 saturated carbocycles. The van der Waals surface area contributed by atoms with Crippen LogP contribution < -0.4 is 5.73 Å². The Bertz CT molecular complexity index is 376. The Morgan fingerprint density at radius 1 is 1.21 bits per heavy atom. The molecular formula is C10H13NO3.